The lowest BCUT2D eigenvalue weighted by molar-refractivity contribution is -0.115. The molecule has 0 aromatic heterocycles. The van der Waals surface area contributed by atoms with E-state index in [1.165, 1.54) is 0 Å². The Labute approximate surface area is 130 Å². The highest BCUT2D eigenvalue weighted by Gasteiger charge is 2.07. The minimum atomic E-state index is -0.0741. The molecule has 0 saturated carbocycles. The van der Waals surface area contributed by atoms with Gasteiger partial charge in [-0.25, -0.2) is 0 Å². The number of hydrogen-bond acceptors (Lipinski definition) is 2. The van der Waals surface area contributed by atoms with Gasteiger partial charge in [0, 0.05) is 14.4 Å². The van der Waals surface area contributed by atoms with Gasteiger partial charge in [0.25, 0.3) is 0 Å². The van der Waals surface area contributed by atoms with E-state index in [0.717, 1.165) is 14.9 Å². The van der Waals surface area contributed by atoms with E-state index in [-0.39, 0.29) is 5.91 Å². The molecule has 2 aromatic carbocycles. The van der Waals surface area contributed by atoms with Crippen LogP contribution in [0, 0.1) is 0 Å². The van der Waals surface area contributed by atoms with Crippen molar-refractivity contribution in [1.29, 1.82) is 0 Å². The zero-order valence-electron chi connectivity index (χ0n) is 9.86. The third kappa shape index (κ3) is 4.27. The average molecular weight is 357 g/mol. The number of hydrogen-bond donors (Lipinski definition) is 2. The summed E-state index contributed by atoms with van der Waals surface area (Å²) in [7, 11) is 0. The molecule has 1 amide bonds. The molecule has 19 heavy (non-hydrogen) atoms. The van der Waals surface area contributed by atoms with Crippen molar-refractivity contribution in [3.05, 3.63) is 57.5 Å². The molecule has 98 valence electrons. The number of amides is 1. The van der Waals surface area contributed by atoms with Crippen LogP contribution < -0.4 is 5.32 Å². The maximum atomic E-state index is 11.9. The number of thiol groups is 1. The summed E-state index contributed by atoms with van der Waals surface area (Å²) in [6.45, 7) is 0. The first kappa shape index (κ1) is 14.4. The molecule has 0 fully saturated rings. The van der Waals surface area contributed by atoms with Gasteiger partial charge in [-0.2, -0.15) is 0 Å². The van der Waals surface area contributed by atoms with Crippen LogP contribution in [0.3, 0.4) is 0 Å². The number of carbonyl (C=O) groups excluding carboxylic acids is 1. The Morgan fingerprint density at radius 2 is 1.89 bits per heavy atom. The smallest absolute Gasteiger partial charge is 0.228 e. The fraction of sp³-hybridized carbons (Fsp3) is 0.0714. The Bertz CT molecular complexity index is 601. The van der Waals surface area contributed by atoms with E-state index in [9.17, 15) is 4.79 Å². The second kappa shape index (κ2) is 6.46. The van der Waals surface area contributed by atoms with Crippen molar-refractivity contribution < 1.29 is 4.79 Å². The first-order chi connectivity index (χ1) is 9.04. The van der Waals surface area contributed by atoms with Crippen LogP contribution in [-0.2, 0) is 11.2 Å². The van der Waals surface area contributed by atoms with Crippen molar-refractivity contribution >= 4 is 51.8 Å². The molecule has 0 radical (unpaired) electrons. The van der Waals surface area contributed by atoms with Gasteiger partial charge in [0.15, 0.2) is 0 Å². The van der Waals surface area contributed by atoms with Crippen LogP contribution in [0.1, 0.15) is 5.56 Å². The second-order valence-electron chi connectivity index (χ2n) is 4.02. The number of benzene rings is 2. The van der Waals surface area contributed by atoms with Crippen molar-refractivity contribution in [3.63, 3.8) is 0 Å². The van der Waals surface area contributed by atoms with E-state index in [4.69, 9.17) is 11.6 Å². The molecule has 0 atom stereocenters. The Hall–Kier alpha value is -0.970. The predicted molar refractivity (Wildman–Crippen MR) is 85.2 cm³/mol. The fourth-order valence-corrected chi connectivity index (χ4v) is 2.52. The Kier molecular flexibility index (Phi) is 4.91. The van der Waals surface area contributed by atoms with Crippen molar-refractivity contribution in [3.8, 4) is 0 Å². The lowest BCUT2D eigenvalue weighted by atomic mass is 10.1. The maximum Gasteiger partial charge on any atom is 0.228 e. The van der Waals surface area contributed by atoms with Gasteiger partial charge in [-0.05, 0) is 51.8 Å². The van der Waals surface area contributed by atoms with Crippen molar-refractivity contribution in [2.24, 2.45) is 0 Å². The molecule has 0 heterocycles. The molecule has 0 saturated heterocycles. The van der Waals surface area contributed by atoms with Crippen LogP contribution >= 0.6 is 40.2 Å². The quantitative estimate of drug-likeness (QED) is 0.775. The van der Waals surface area contributed by atoms with E-state index in [1.807, 2.05) is 24.3 Å². The van der Waals surface area contributed by atoms with Gasteiger partial charge in [-0.1, -0.05) is 23.7 Å². The Morgan fingerprint density at radius 3 is 2.53 bits per heavy atom. The monoisotopic (exact) mass is 355 g/mol. The fourth-order valence-electron chi connectivity index (χ4n) is 1.58. The summed E-state index contributed by atoms with van der Waals surface area (Å²) in [5.41, 5.74) is 1.65. The summed E-state index contributed by atoms with van der Waals surface area (Å²) in [5.74, 6) is -0.0741. The van der Waals surface area contributed by atoms with Crippen LogP contribution in [0.15, 0.2) is 51.8 Å². The highest BCUT2D eigenvalue weighted by atomic mass is 79.9. The summed E-state index contributed by atoms with van der Waals surface area (Å²) < 4.78 is 0.763. The molecule has 2 nitrogen and oxygen atoms in total. The van der Waals surface area contributed by atoms with E-state index in [1.54, 1.807) is 18.2 Å². The molecule has 0 aliphatic carbocycles. The first-order valence-corrected chi connectivity index (χ1v) is 7.19. The molecule has 2 aromatic rings. The summed E-state index contributed by atoms with van der Waals surface area (Å²) >= 11 is 13.4. The molecular formula is C14H11BrClNOS. The van der Waals surface area contributed by atoms with Crippen LogP contribution in [-0.4, -0.2) is 5.91 Å². The Morgan fingerprint density at radius 1 is 1.21 bits per heavy atom. The second-order valence-corrected chi connectivity index (χ2v) is 5.82. The van der Waals surface area contributed by atoms with E-state index < -0.39 is 0 Å². The SMILES string of the molecule is O=C(Cc1ccc(S)cc1)Nc1ccc(Cl)cc1Br. The van der Waals surface area contributed by atoms with Gasteiger partial charge < -0.3 is 5.32 Å². The number of anilines is 1. The van der Waals surface area contributed by atoms with Gasteiger partial charge in [0.05, 0.1) is 12.1 Å². The lowest BCUT2D eigenvalue weighted by Crippen LogP contribution is -2.14. The summed E-state index contributed by atoms with van der Waals surface area (Å²) in [6, 6.07) is 12.7. The van der Waals surface area contributed by atoms with Gasteiger partial charge in [-0.3, -0.25) is 4.79 Å². The molecule has 2 rings (SSSR count). The van der Waals surface area contributed by atoms with Crippen LogP contribution in [0.4, 0.5) is 5.69 Å². The standard InChI is InChI=1S/C14H11BrClNOS/c15-12-8-10(16)3-6-13(12)17-14(18)7-9-1-4-11(19)5-2-9/h1-6,8,19H,7H2,(H,17,18). The zero-order valence-corrected chi connectivity index (χ0v) is 13.1. The van der Waals surface area contributed by atoms with Crippen LogP contribution in [0.25, 0.3) is 0 Å². The van der Waals surface area contributed by atoms with E-state index in [2.05, 4.69) is 33.9 Å². The molecule has 0 aliphatic rings. The summed E-state index contributed by atoms with van der Waals surface area (Å²) in [5, 5.41) is 3.46. The van der Waals surface area contributed by atoms with Crippen LogP contribution in [0.5, 0.6) is 0 Å². The molecular weight excluding hydrogens is 346 g/mol. The predicted octanol–water partition coefficient (Wildman–Crippen LogP) is 4.57. The largest absolute Gasteiger partial charge is 0.325 e. The summed E-state index contributed by atoms with van der Waals surface area (Å²) in [6.07, 6.45) is 0.323. The number of rotatable bonds is 3. The maximum absolute atomic E-state index is 11.9. The van der Waals surface area contributed by atoms with Gasteiger partial charge in [0.1, 0.15) is 0 Å². The molecule has 0 bridgehead atoms. The minimum Gasteiger partial charge on any atom is -0.325 e. The van der Waals surface area contributed by atoms with E-state index >= 15 is 0 Å². The Balaban J connectivity index is 2.03. The van der Waals surface area contributed by atoms with Gasteiger partial charge in [0.2, 0.25) is 5.91 Å². The molecule has 1 N–H and O–H groups in total. The molecule has 5 heteroatoms. The average Bonchev–Trinajstić information content (AvgIpc) is 2.36. The first-order valence-electron chi connectivity index (χ1n) is 5.57. The molecule has 0 spiro atoms. The third-order valence-electron chi connectivity index (χ3n) is 2.51. The van der Waals surface area contributed by atoms with Crippen molar-refractivity contribution in [2.75, 3.05) is 5.32 Å². The molecule has 0 aliphatic heterocycles. The normalized spacial score (nSPS) is 10.3. The van der Waals surface area contributed by atoms with E-state index in [0.29, 0.717) is 17.1 Å². The molecule has 0 unspecified atom stereocenters. The number of halogens is 2. The van der Waals surface area contributed by atoms with Crippen LogP contribution in [0.2, 0.25) is 5.02 Å². The van der Waals surface area contributed by atoms with Crippen molar-refractivity contribution in [1.82, 2.24) is 0 Å². The third-order valence-corrected chi connectivity index (χ3v) is 3.70. The number of nitrogens with one attached hydrogen (secondary N) is 1. The van der Waals surface area contributed by atoms with Crippen molar-refractivity contribution in [2.45, 2.75) is 11.3 Å². The topological polar surface area (TPSA) is 29.1 Å². The van der Waals surface area contributed by atoms with Gasteiger partial charge >= 0.3 is 0 Å². The highest BCUT2D eigenvalue weighted by Crippen LogP contribution is 2.26. The minimum absolute atomic E-state index is 0.0741. The van der Waals surface area contributed by atoms with Gasteiger partial charge in [-0.15, -0.1) is 12.6 Å². The lowest BCUT2D eigenvalue weighted by Gasteiger charge is -2.08. The number of carbonyl (C=O) groups is 1. The summed E-state index contributed by atoms with van der Waals surface area (Å²) in [4.78, 5) is 12.8. The highest BCUT2D eigenvalue weighted by molar-refractivity contribution is 9.10. The zero-order chi connectivity index (χ0) is 13.8.